The van der Waals surface area contributed by atoms with Crippen molar-refractivity contribution in [3.05, 3.63) is 35.9 Å². The zero-order valence-corrected chi connectivity index (χ0v) is 15.9. The predicted octanol–water partition coefficient (Wildman–Crippen LogP) is 2.83. The second-order valence-corrected chi connectivity index (χ2v) is 8.62. The van der Waals surface area contributed by atoms with Gasteiger partial charge >= 0.3 is 18.0 Å². The van der Waals surface area contributed by atoms with Gasteiger partial charge in [-0.2, -0.15) is 0 Å². The molecule has 2 aliphatic heterocycles. The quantitative estimate of drug-likeness (QED) is 0.814. The number of carboxylic acids is 1. The smallest absolute Gasteiger partial charge is 0.410 e. The van der Waals surface area contributed by atoms with Crippen LogP contribution in [0.2, 0.25) is 0 Å². The van der Waals surface area contributed by atoms with Gasteiger partial charge in [0.2, 0.25) is 0 Å². The van der Waals surface area contributed by atoms with Crippen molar-refractivity contribution in [1.29, 1.82) is 0 Å². The first-order valence-corrected chi connectivity index (χ1v) is 8.98. The lowest BCUT2D eigenvalue weighted by Crippen LogP contribution is -2.69. The van der Waals surface area contributed by atoms with Crippen molar-refractivity contribution in [3.63, 3.8) is 0 Å². The van der Waals surface area contributed by atoms with Crippen molar-refractivity contribution < 1.29 is 29.0 Å². The van der Waals surface area contributed by atoms with Crippen molar-refractivity contribution in [2.24, 2.45) is 10.8 Å². The molecule has 1 saturated carbocycles. The van der Waals surface area contributed by atoms with Gasteiger partial charge in [0.05, 0.1) is 10.8 Å². The summed E-state index contributed by atoms with van der Waals surface area (Å²) in [6, 6.07) is 9.22. The molecule has 4 rings (SSSR count). The summed E-state index contributed by atoms with van der Waals surface area (Å²) >= 11 is 0. The van der Waals surface area contributed by atoms with E-state index in [0.717, 1.165) is 5.56 Å². The molecule has 0 aromatic heterocycles. The Morgan fingerprint density at radius 3 is 2.22 bits per heavy atom. The first-order chi connectivity index (χ1) is 12.6. The highest BCUT2D eigenvalue weighted by Gasteiger charge is 2.68. The summed E-state index contributed by atoms with van der Waals surface area (Å²) in [5, 5.41) is 9.64. The topological polar surface area (TPSA) is 93.1 Å². The standard InChI is InChI=1S/C20H25NO6/c1-18(2,3)27-16(24)20-10-19(11-20,15(22)23)12-21(13-20)17(25)26-9-14-7-5-4-6-8-14/h4-8H,9-13H2,1-3H3,(H,22,23). The molecule has 1 aromatic rings. The largest absolute Gasteiger partial charge is 0.481 e. The third-order valence-corrected chi connectivity index (χ3v) is 5.09. The van der Waals surface area contributed by atoms with Crippen LogP contribution >= 0.6 is 0 Å². The second-order valence-electron chi connectivity index (χ2n) is 8.62. The van der Waals surface area contributed by atoms with Gasteiger partial charge < -0.3 is 19.5 Å². The van der Waals surface area contributed by atoms with Crippen molar-refractivity contribution in [2.75, 3.05) is 13.1 Å². The molecule has 0 radical (unpaired) electrons. The van der Waals surface area contributed by atoms with Crippen LogP contribution < -0.4 is 0 Å². The average Bonchev–Trinajstić information content (AvgIpc) is 2.58. The van der Waals surface area contributed by atoms with E-state index >= 15 is 0 Å². The van der Waals surface area contributed by atoms with E-state index in [4.69, 9.17) is 9.47 Å². The Balaban J connectivity index is 1.72. The van der Waals surface area contributed by atoms with Gasteiger partial charge in [0.1, 0.15) is 12.2 Å². The molecule has 27 heavy (non-hydrogen) atoms. The van der Waals surface area contributed by atoms with E-state index in [1.807, 2.05) is 30.3 Å². The van der Waals surface area contributed by atoms with Crippen LogP contribution in [-0.2, 0) is 25.7 Å². The number of aliphatic carboxylic acids is 1. The van der Waals surface area contributed by atoms with Crippen molar-refractivity contribution in [2.45, 2.75) is 45.8 Å². The molecule has 1 amide bonds. The van der Waals surface area contributed by atoms with E-state index in [0.29, 0.717) is 0 Å². The summed E-state index contributed by atoms with van der Waals surface area (Å²) in [7, 11) is 0. The van der Waals surface area contributed by atoms with E-state index in [1.54, 1.807) is 20.8 Å². The number of esters is 1. The Bertz CT molecular complexity index is 745. The SMILES string of the molecule is CC(C)(C)OC(=O)C12CN(C(=O)OCc3ccccc3)CC(C(=O)O)(C1)C2. The Morgan fingerprint density at radius 1 is 1.07 bits per heavy atom. The number of piperidine rings is 2. The number of carbonyl (C=O) groups excluding carboxylic acids is 2. The number of hydrogen-bond acceptors (Lipinski definition) is 5. The number of carbonyl (C=O) groups is 3. The number of benzene rings is 1. The van der Waals surface area contributed by atoms with Crippen molar-refractivity contribution >= 4 is 18.0 Å². The highest BCUT2D eigenvalue weighted by Crippen LogP contribution is 2.60. The number of rotatable bonds is 4. The first-order valence-electron chi connectivity index (χ1n) is 8.98. The summed E-state index contributed by atoms with van der Waals surface area (Å²) in [6.07, 6.45) is -0.240. The number of hydrogen-bond donors (Lipinski definition) is 1. The van der Waals surface area contributed by atoms with Crippen LogP contribution in [0.25, 0.3) is 0 Å². The van der Waals surface area contributed by atoms with E-state index in [1.165, 1.54) is 4.90 Å². The minimum Gasteiger partial charge on any atom is -0.481 e. The van der Waals surface area contributed by atoms with E-state index in [-0.39, 0.29) is 32.5 Å². The fourth-order valence-electron chi connectivity index (χ4n) is 4.01. The lowest BCUT2D eigenvalue weighted by Gasteiger charge is -2.59. The summed E-state index contributed by atoms with van der Waals surface area (Å²) in [6.45, 7) is 5.54. The van der Waals surface area contributed by atoms with Crippen molar-refractivity contribution in [3.8, 4) is 0 Å². The number of carboxylic acid groups (broad SMARTS) is 1. The van der Waals surface area contributed by atoms with Crippen LogP contribution in [0.1, 0.15) is 39.2 Å². The fourth-order valence-corrected chi connectivity index (χ4v) is 4.01. The maximum Gasteiger partial charge on any atom is 0.410 e. The van der Waals surface area contributed by atoms with Crippen molar-refractivity contribution in [1.82, 2.24) is 4.90 Å². The normalized spacial score (nSPS) is 26.7. The van der Waals surface area contributed by atoms with E-state index < -0.39 is 34.5 Å². The molecule has 1 N–H and O–H groups in total. The van der Waals surface area contributed by atoms with Gasteiger partial charge in [0.25, 0.3) is 0 Å². The number of fused-ring (bicyclic) bond motifs is 2. The molecule has 3 aliphatic rings. The molecule has 7 heteroatoms. The zero-order chi connectivity index (χ0) is 19.9. The molecule has 3 fully saturated rings. The lowest BCUT2D eigenvalue weighted by atomic mass is 9.49. The highest BCUT2D eigenvalue weighted by molar-refractivity contribution is 5.87. The Hall–Kier alpha value is -2.57. The zero-order valence-electron chi connectivity index (χ0n) is 15.9. The Labute approximate surface area is 158 Å². The minimum atomic E-state index is -1.11. The van der Waals surface area contributed by atoms with E-state index in [2.05, 4.69) is 0 Å². The van der Waals surface area contributed by atoms with E-state index in [9.17, 15) is 19.5 Å². The molecule has 7 nitrogen and oxygen atoms in total. The number of ether oxygens (including phenoxy) is 2. The number of amides is 1. The Kier molecular flexibility index (Phi) is 4.66. The summed E-state index contributed by atoms with van der Waals surface area (Å²) in [5.41, 5.74) is -1.93. The Morgan fingerprint density at radius 2 is 1.67 bits per heavy atom. The molecule has 2 bridgehead atoms. The molecule has 2 heterocycles. The van der Waals surface area contributed by atoms with Gasteiger partial charge in [-0.3, -0.25) is 9.59 Å². The van der Waals surface area contributed by atoms with Crippen LogP contribution in [0.5, 0.6) is 0 Å². The second kappa shape index (κ2) is 6.55. The molecule has 0 atom stereocenters. The van der Waals surface area contributed by atoms with Crippen LogP contribution in [0.3, 0.4) is 0 Å². The molecule has 0 spiro atoms. The average molecular weight is 375 g/mol. The van der Waals surface area contributed by atoms with Gasteiger partial charge in [0, 0.05) is 13.1 Å². The third-order valence-electron chi connectivity index (χ3n) is 5.09. The van der Waals surface area contributed by atoms with Gasteiger partial charge in [-0.25, -0.2) is 4.79 Å². The molecular formula is C20H25NO6. The first kappa shape index (κ1) is 19.2. The number of nitrogens with zero attached hydrogens (tertiary/aromatic N) is 1. The molecule has 1 aliphatic carbocycles. The van der Waals surface area contributed by atoms with Crippen LogP contribution in [0.15, 0.2) is 30.3 Å². The van der Waals surface area contributed by atoms with Gasteiger partial charge in [-0.05, 0) is 39.2 Å². The van der Waals surface area contributed by atoms with Crippen LogP contribution in [0.4, 0.5) is 4.79 Å². The molecular weight excluding hydrogens is 350 g/mol. The monoisotopic (exact) mass is 375 g/mol. The third kappa shape index (κ3) is 3.77. The van der Waals surface area contributed by atoms with Gasteiger partial charge in [0.15, 0.2) is 0 Å². The molecule has 1 aromatic carbocycles. The molecule has 146 valence electrons. The summed E-state index contributed by atoms with van der Waals surface area (Å²) in [4.78, 5) is 38.3. The summed E-state index contributed by atoms with van der Waals surface area (Å²) < 4.78 is 10.8. The predicted molar refractivity (Wildman–Crippen MR) is 95.8 cm³/mol. The highest BCUT2D eigenvalue weighted by atomic mass is 16.6. The van der Waals surface area contributed by atoms with Crippen LogP contribution in [0, 0.1) is 10.8 Å². The minimum absolute atomic E-state index is 0.0422. The fraction of sp³-hybridized carbons (Fsp3) is 0.550. The maximum absolute atomic E-state index is 12.7. The summed E-state index contributed by atoms with van der Waals surface area (Å²) in [5.74, 6) is -1.45. The lowest BCUT2D eigenvalue weighted by molar-refractivity contribution is -0.206. The maximum atomic E-state index is 12.7. The molecule has 0 unspecified atom stereocenters. The van der Waals surface area contributed by atoms with Gasteiger partial charge in [-0.1, -0.05) is 30.3 Å². The van der Waals surface area contributed by atoms with Gasteiger partial charge in [-0.15, -0.1) is 0 Å². The molecule has 2 saturated heterocycles. The van der Waals surface area contributed by atoms with Crippen LogP contribution in [-0.4, -0.2) is 46.7 Å².